The van der Waals surface area contributed by atoms with Crippen molar-refractivity contribution < 1.29 is 13.6 Å². The van der Waals surface area contributed by atoms with Gasteiger partial charge in [0.1, 0.15) is 6.33 Å². The summed E-state index contributed by atoms with van der Waals surface area (Å²) in [7, 11) is 1.83. The van der Waals surface area contributed by atoms with Gasteiger partial charge in [-0.2, -0.15) is 15.3 Å². The molecule has 0 saturated carbocycles. The predicted octanol–water partition coefficient (Wildman–Crippen LogP) is 4.62. The summed E-state index contributed by atoms with van der Waals surface area (Å²) in [5.74, 6) is -0.381. The Kier molecular flexibility index (Phi) is 6.06. The van der Waals surface area contributed by atoms with Crippen molar-refractivity contribution in [1.29, 1.82) is 0 Å². The average molecular weight is 505 g/mol. The van der Waals surface area contributed by atoms with E-state index < -0.39 is 6.43 Å². The summed E-state index contributed by atoms with van der Waals surface area (Å²) in [6, 6.07) is 6.65. The lowest BCUT2D eigenvalue weighted by Crippen LogP contribution is -2.24. The van der Waals surface area contributed by atoms with Gasteiger partial charge in [0.15, 0.2) is 0 Å². The van der Waals surface area contributed by atoms with Crippen LogP contribution >= 0.6 is 0 Å². The Labute approximate surface area is 211 Å². The number of hydrogen-bond acceptors (Lipinski definition) is 5. The summed E-state index contributed by atoms with van der Waals surface area (Å²) >= 11 is 0. The summed E-state index contributed by atoms with van der Waals surface area (Å²) in [6.45, 7) is 5.86. The number of alkyl halides is 2. The second-order valence-corrected chi connectivity index (χ2v) is 9.81. The van der Waals surface area contributed by atoms with Crippen LogP contribution in [0.25, 0.3) is 27.9 Å². The van der Waals surface area contributed by atoms with Crippen molar-refractivity contribution in [3.63, 3.8) is 0 Å². The number of fused-ring (bicyclic) bond motifs is 1. The zero-order chi connectivity index (χ0) is 26.3. The summed E-state index contributed by atoms with van der Waals surface area (Å²) in [5.41, 5.74) is 3.78. The van der Waals surface area contributed by atoms with Gasteiger partial charge in [0, 0.05) is 54.4 Å². The van der Waals surface area contributed by atoms with Gasteiger partial charge in [-0.1, -0.05) is 12.1 Å². The molecule has 37 heavy (non-hydrogen) atoms. The van der Waals surface area contributed by atoms with E-state index in [4.69, 9.17) is 0 Å². The van der Waals surface area contributed by atoms with E-state index in [1.165, 1.54) is 18.6 Å². The zero-order valence-electron chi connectivity index (χ0n) is 20.9. The molecule has 0 radical (unpaired) electrons. The number of halogens is 2. The van der Waals surface area contributed by atoms with E-state index in [9.17, 15) is 13.6 Å². The Morgan fingerprint density at radius 1 is 1.00 bits per heavy atom. The Balaban J connectivity index is 1.42. The Hall–Kier alpha value is -4.41. The molecule has 0 fully saturated rings. The standard InChI is InChI=1S/C26H26F2N8O/c1-26(2,3)36-14-20(11-32-36)25(37)29-9-17-6-5-16(7-21(17)24(27)28)23-22-8-18(13-35(22)33-15-30-23)19-10-31-34(4)12-19/h5-8,10-15,24H,9H2,1-4H3,(H,29,37). The minimum Gasteiger partial charge on any atom is -0.348 e. The molecule has 190 valence electrons. The number of rotatable bonds is 6. The molecule has 4 aromatic heterocycles. The molecule has 0 bridgehead atoms. The topological polar surface area (TPSA) is 94.9 Å². The van der Waals surface area contributed by atoms with E-state index in [1.807, 2.05) is 46.3 Å². The first-order valence-electron chi connectivity index (χ1n) is 11.7. The zero-order valence-corrected chi connectivity index (χ0v) is 20.9. The van der Waals surface area contributed by atoms with Crippen LogP contribution in [0.5, 0.6) is 0 Å². The van der Waals surface area contributed by atoms with Crippen molar-refractivity contribution in [2.75, 3.05) is 0 Å². The van der Waals surface area contributed by atoms with Gasteiger partial charge in [0.25, 0.3) is 12.3 Å². The third kappa shape index (κ3) is 4.84. The third-order valence-electron chi connectivity index (χ3n) is 6.07. The molecular formula is C26H26F2N8O. The highest BCUT2D eigenvalue weighted by molar-refractivity contribution is 5.93. The molecule has 0 atom stereocenters. The molecule has 9 nitrogen and oxygen atoms in total. The highest BCUT2D eigenvalue weighted by Gasteiger charge is 2.20. The lowest BCUT2D eigenvalue weighted by Gasteiger charge is -2.18. The smallest absolute Gasteiger partial charge is 0.264 e. The van der Waals surface area contributed by atoms with Crippen LogP contribution < -0.4 is 5.32 Å². The third-order valence-corrected chi connectivity index (χ3v) is 6.07. The van der Waals surface area contributed by atoms with Crippen LogP contribution in [0.3, 0.4) is 0 Å². The molecule has 0 aliphatic heterocycles. The maximum atomic E-state index is 14.1. The highest BCUT2D eigenvalue weighted by Crippen LogP contribution is 2.32. The van der Waals surface area contributed by atoms with Crippen molar-refractivity contribution >= 4 is 11.4 Å². The van der Waals surface area contributed by atoms with Gasteiger partial charge in [-0.05, 0) is 38.5 Å². The summed E-state index contributed by atoms with van der Waals surface area (Å²) in [6.07, 6.45) is 7.24. The van der Waals surface area contributed by atoms with Crippen LogP contribution in [-0.4, -0.2) is 40.1 Å². The number of carbonyl (C=O) groups excluding carboxylic acids is 1. The number of benzene rings is 1. The van der Waals surface area contributed by atoms with Gasteiger partial charge in [0.2, 0.25) is 0 Å². The van der Waals surface area contributed by atoms with Gasteiger partial charge >= 0.3 is 0 Å². The molecule has 0 saturated heterocycles. The normalized spacial score (nSPS) is 12.0. The fourth-order valence-corrected chi connectivity index (χ4v) is 4.07. The first kappa shape index (κ1) is 24.3. The Morgan fingerprint density at radius 2 is 1.81 bits per heavy atom. The van der Waals surface area contributed by atoms with E-state index in [-0.39, 0.29) is 23.6 Å². The number of nitrogens with one attached hydrogen (secondary N) is 1. The van der Waals surface area contributed by atoms with E-state index in [0.717, 1.165) is 11.1 Å². The van der Waals surface area contributed by atoms with Crippen LogP contribution in [0, 0.1) is 0 Å². The molecule has 1 amide bonds. The summed E-state index contributed by atoms with van der Waals surface area (Å²) in [5, 5.41) is 15.4. The van der Waals surface area contributed by atoms with Crippen molar-refractivity contribution in [2.45, 2.75) is 39.3 Å². The molecule has 1 aromatic carbocycles. The van der Waals surface area contributed by atoms with Gasteiger partial charge in [-0.3, -0.25) is 14.2 Å². The van der Waals surface area contributed by atoms with E-state index in [2.05, 4.69) is 25.6 Å². The van der Waals surface area contributed by atoms with E-state index in [1.54, 1.807) is 38.4 Å². The second-order valence-electron chi connectivity index (χ2n) is 9.81. The molecule has 11 heteroatoms. The molecule has 5 aromatic rings. The van der Waals surface area contributed by atoms with Crippen LogP contribution in [-0.2, 0) is 19.1 Å². The summed E-state index contributed by atoms with van der Waals surface area (Å²) in [4.78, 5) is 17.0. The monoisotopic (exact) mass is 504 g/mol. The van der Waals surface area contributed by atoms with Crippen LogP contribution in [0.15, 0.2) is 61.6 Å². The maximum Gasteiger partial charge on any atom is 0.264 e. The minimum absolute atomic E-state index is 0.0467. The minimum atomic E-state index is -2.73. The molecule has 0 aliphatic rings. The first-order chi connectivity index (χ1) is 17.6. The van der Waals surface area contributed by atoms with Crippen molar-refractivity contribution in [3.8, 4) is 22.4 Å². The van der Waals surface area contributed by atoms with Crippen LogP contribution in [0.1, 0.15) is 48.7 Å². The van der Waals surface area contributed by atoms with Crippen molar-refractivity contribution in [3.05, 3.63) is 78.3 Å². The first-order valence-corrected chi connectivity index (χ1v) is 11.7. The Bertz CT molecular complexity index is 1590. The molecule has 0 spiro atoms. The maximum absolute atomic E-state index is 14.1. The van der Waals surface area contributed by atoms with Gasteiger partial charge in [0.05, 0.1) is 34.7 Å². The molecular weight excluding hydrogens is 478 g/mol. The molecule has 1 N–H and O–H groups in total. The average Bonchev–Trinajstić information content (AvgIpc) is 3.60. The van der Waals surface area contributed by atoms with Crippen LogP contribution in [0.2, 0.25) is 0 Å². The van der Waals surface area contributed by atoms with E-state index >= 15 is 0 Å². The lowest BCUT2D eigenvalue weighted by molar-refractivity contribution is 0.0949. The number of aromatic nitrogens is 7. The van der Waals surface area contributed by atoms with E-state index in [0.29, 0.717) is 27.9 Å². The summed E-state index contributed by atoms with van der Waals surface area (Å²) < 4.78 is 33.2. The number of nitrogens with zero attached hydrogens (tertiary/aromatic N) is 7. The largest absolute Gasteiger partial charge is 0.348 e. The number of aryl methyl sites for hydroxylation is 1. The molecule has 4 heterocycles. The van der Waals surface area contributed by atoms with Gasteiger partial charge in [-0.25, -0.2) is 18.3 Å². The molecule has 0 aliphatic carbocycles. The fraction of sp³-hybridized carbons (Fsp3) is 0.269. The van der Waals surface area contributed by atoms with Crippen molar-refractivity contribution in [1.82, 2.24) is 39.5 Å². The second kappa shape index (κ2) is 9.23. The number of hydrogen-bond donors (Lipinski definition) is 1. The Morgan fingerprint density at radius 3 is 2.49 bits per heavy atom. The molecule has 5 rings (SSSR count). The van der Waals surface area contributed by atoms with Crippen molar-refractivity contribution in [2.24, 2.45) is 7.05 Å². The fourth-order valence-electron chi connectivity index (χ4n) is 4.07. The van der Waals surface area contributed by atoms with Gasteiger partial charge in [-0.15, -0.1) is 0 Å². The van der Waals surface area contributed by atoms with Gasteiger partial charge < -0.3 is 5.32 Å². The number of amides is 1. The quantitative estimate of drug-likeness (QED) is 0.364. The highest BCUT2D eigenvalue weighted by atomic mass is 19.3. The lowest BCUT2D eigenvalue weighted by atomic mass is 10.0. The van der Waals surface area contributed by atoms with Crippen LogP contribution in [0.4, 0.5) is 8.78 Å². The number of carbonyl (C=O) groups is 1. The molecule has 0 unspecified atom stereocenters. The SMILES string of the molecule is Cn1cc(-c2cc3c(-c4ccc(CNC(=O)c5cnn(C(C)(C)C)c5)c(C(F)F)c4)ncnn3c2)cn1. The predicted molar refractivity (Wildman–Crippen MR) is 134 cm³/mol.